The highest BCUT2D eigenvalue weighted by Crippen LogP contribution is 2.30. The van der Waals surface area contributed by atoms with Crippen LogP contribution >= 0.6 is 15.9 Å². The van der Waals surface area contributed by atoms with Crippen molar-refractivity contribution >= 4 is 26.7 Å². The van der Waals surface area contributed by atoms with Crippen LogP contribution in [0.1, 0.15) is 11.3 Å². The first-order chi connectivity index (χ1) is 9.74. The van der Waals surface area contributed by atoms with Gasteiger partial charge in [-0.15, -0.1) is 0 Å². The van der Waals surface area contributed by atoms with Gasteiger partial charge >= 0.3 is 0 Å². The number of rotatable bonds is 3. The van der Waals surface area contributed by atoms with E-state index in [0.29, 0.717) is 12.5 Å². The van der Waals surface area contributed by atoms with Crippen molar-refractivity contribution in [3.05, 3.63) is 70.3 Å². The molecule has 2 aromatic carbocycles. The highest BCUT2D eigenvalue weighted by molar-refractivity contribution is 9.10. The van der Waals surface area contributed by atoms with E-state index in [-0.39, 0.29) is 0 Å². The maximum absolute atomic E-state index is 5.91. The molecule has 100 valence electrons. The van der Waals surface area contributed by atoms with Crippen LogP contribution in [0.5, 0.6) is 5.88 Å². The topological polar surface area (TPSA) is 22.1 Å². The van der Waals surface area contributed by atoms with E-state index in [4.69, 9.17) is 4.74 Å². The summed E-state index contributed by atoms with van der Waals surface area (Å²) in [6.45, 7) is 2.51. The second kappa shape index (κ2) is 5.63. The average molecular weight is 328 g/mol. The Morgan fingerprint density at radius 1 is 1.00 bits per heavy atom. The number of nitrogens with zero attached hydrogens (tertiary/aromatic N) is 1. The Morgan fingerprint density at radius 3 is 2.60 bits per heavy atom. The fraction of sp³-hybridized carbons (Fsp3) is 0.118. The number of hydrogen-bond donors (Lipinski definition) is 0. The number of ether oxygens (including phenoxy) is 1. The lowest BCUT2D eigenvalue weighted by Crippen LogP contribution is -1.99. The van der Waals surface area contributed by atoms with Gasteiger partial charge < -0.3 is 4.74 Å². The Kier molecular flexibility index (Phi) is 3.70. The first-order valence-electron chi connectivity index (χ1n) is 6.46. The number of aryl methyl sites for hydroxylation is 1. The predicted molar refractivity (Wildman–Crippen MR) is 85.0 cm³/mol. The highest BCUT2D eigenvalue weighted by atomic mass is 79.9. The van der Waals surface area contributed by atoms with Crippen molar-refractivity contribution in [2.75, 3.05) is 0 Å². The Balaban J connectivity index is 1.97. The molecule has 1 heterocycles. The van der Waals surface area contributed by atoms with Crippen molar-refractivity contribution in [2.24, 2.45) is 0 Å². The fourth-order valence-electron chi connectivity index (χ4n) is 2.17. The summed E-state index contributed by atoms with van der Waals surface area (Å²) >= 11 is 3.58. The maximum Gasteiger partial charge on any atom is 0.221 e. The lowest BCUT2D eigenvalue weighted by atomic mass is 10.1. The molecule has 20 heavy (non-hydrogen) atoms. The number of fused-ring (bicyclic) bond motifs is 1. The molecule has 3 rings (SSSR count). The lowest BCUT2D eigenvalue weighted by molar-refractivity contribution is 0.297. The number of hydrogen-bond acceptors (Lipinski definition) is 2. The zero-order chi connectivity index (χ0) is 13.9. The average Bonchev–Trinajstić information content (AvgIpc) is 2.47. The van der Waals surface area contributed by atoms with Crippen LogP contribution in [-0.2, 0) is 6.61 Å². The van der Waals surface area contributed by atoms with E-state index in [2.05, 4.69) is 27.0 Å². The van der Waals surface area contributed by atoms with Crippen LogP contribution in [0.3, 0.4) is 0 Å². The number of halogens is 1. The third-order valence-electron chi connectivity index (χ3n) is 3.13. The van der Waals surface area contributed by atoms with Crippen molar-refractivity contribution in [1.82, 2.24) is 4.98 Å². The summed E-state index contributed by atoms with van der Waals surface area (Å²) in [4.78, 5) is 4.51. The minimum atomic E-state index is 0.527. The van der Waals surface area contributed by atoms with E-state index < -0.39 is 0 Å². The molecule has 0 bridgehead atoms. The summed E-state index contributed by atoms with van der Waals surface area (Å²) in [6.07, 6.45) is 0. The molecular weight excluding hydrogens is 314 g/mol. The van der Waals surface area contributed by atoms with Crippen molar-refractivity contribution < 1.29 is 4.74 Å². The fourth-order valence-corrected chi connectivity index (χ4v) is 2.65. The monoisotopic (exact) mass is 327 g/mol. The van der Waals surface area contributed by atoms with Crippen LogP contribution in [0.4, 0.5) is 0 Å². The molecule has 0 saturated carbocycles. The molecule has 0 spiro atoms. The normalized spacial score (nSPS) is 10.7. The maximum atomic E-state index is 5.91. The van der Waals surface area contributed by atoms with Crippen LogP contribution in [0.25, 0.3) is 10.8 Å². The van der Waals surface area contributed by atoms with Crippen LogP contribution in [0.2, 0.25) is 0 Å². The number of pyridine rings is 1. The van der Waals surface area contributed by atoms with Crippen LogP contribution < -0.4 is 4.74 Å². The zero-order valence-corrected chi connectivity index (χ0v) is 12.7. The Bertz CT molecular complexity index is 741. The third-order valence-corrected chi connectivity index (χ3v) is 3.82. The minimum Gasteiger partial charge on any atom is -0.472 e. The molecule has 0 radical (unpaired) electrons. The summed E-state index contributed by atoms with van der Waals surface area (Å²) in [5, 5.41) is 2.16. The van der Waals surface area contributed by atoms with Gasteiger partial charge in [-0.05, 0) is 30.7 Å². The summed E-state index contributed by atoms with van der Waals surface area (Å²) in [5.41, 5.74) is 2.09. The molecule has 2 nitrogen and oxygen atoms in total. The van der Waals surface area contributed by atoms with Gasteiger partial charge in [-0.1, -0.05) is 52.3 Å². The van der Waals surface area contributed by atoms with Gasteiger partial charge in [0.1, 0.15) is 6.61 Å². The van der Waals surface area contributed by atoms with Gasteiger partial charge in [0.05, 0.1) is 0 Å². The van der Waals surface area contributed by atoms with E-state index in [0.717, 1.165) is 26.5 Å². The van der Waals surface area contributed by atoms with E-state index in [1.807, 2.05) is 55.5 Å². The van der Waals surface area contributed by atoms with E-state index in [1.54, 1.807) is 0 Å². The number of benzene rings is 2. The van der Waals surface area contributed by atoms with Crippen molar-refractivity contribution in [2.45, 2.75) is 13.5 Å². The summed E-state index contributed by atoms with van der Waals surface area (Å²) in [6, 6.07) is 18.3. The van der Waals surface area contributed by atoms with Crippen molar-refractivity contribution in [1.29, 1.82) is 0 Å². The molecule has 1 aromatic heterocycles. The van der Waals surface area contributed by atoms with Gasteiger partial charge in [0, 0.05) is 20.9 Å². The van der Waals surface area contributed by atoms with Crippen LogP contribution in [0.15, 0.2) is 59.1 Å². The first-order valence-corrected chi connectivity index (χ1v) is 7.26. The van der Waals surface area contributed by atoms with Crippen molar-refractivity contribution in [3.8, 4) is 5.88 Å². The standard InChI is InChI=1S/C17H14BrNO/c1-12-10-15-14(8-5-9-16(15)18)17(19-12)20-11-13-6-3-2-4-7-13/h2-10H,11H2,1H3. The molecule has 0 N–H and O–H groups in total. The lowest BCUT2D eigenvalue weighted by Gasteiger charge is -2.10. The largest absolute Gasteiger partial charge is 0.472 e. The van der Waals surface area contributed by atoms with E-state index in [9.17, 15) is 0 Å². The molecule has 0 aliphatic carbocycles. The Hall–Kier alpha value is -1.87. The summed E-state index contributed by atoms with van der Waals surface area (Å²) < 4.78 is 6.97. The van der Waals surface area contributed by atoms with Gasteiger partial charge in [-0.25, -0.2) is 4.98 Å². The molecule has 0 atom stereocenters. The van der Waals surface area contributed by atoms with Gasteiger partial charge in [0.25, 0.3) is 0 Å². The SMILES string of the molecule is Cc1cc2c(Br)cccc2c(OCc2ccccc2)n1. The molecule has 3 aromatic rings. The molecule has 0 aliphatic heterocycles. The molecular formula is C17H14BrNO. The second-order valence-corrected chi connectivity index (χ2v) is 5.53. The molecule has 0 aliphatic rings. The molecule has 0 saturated heterocycles. The van der Waals surface area contributed by atoms with Gasteiger partial charge in [0.2, 0.25) is 5.88 Å². The predicted octanol–water partition coefficient (Wildman–Crippen LogP) is 4.88. The van der Waals surface area contributed by atoms with Gasteiger partial charge in [-0.2, -0.15) is 0 Å². The Labute approximate surface area is 126 Å². The quantitative estimate of drug-likeness (QED) is 0.683. The smallest absolute Gasteiger partial charge is 0.221 e. The van der Waals surface area contributed by atoms with E-state index >= 15 is 0 Å². The number of aromatic nitrogens is 1. The highest BCUT2D eigenvalue weighted by Gasteiger charge is 2.08. The minimum absolute atomic E-state index is 0.527. The molecule has 3 heteroatoms. The second-order valence-electron chi connectivity index (χ2n) is 4.68. The zero-order valence-electron chi connectivity index (χ0n) is 11.1. The van der Waals surface area contributed by atoms with Crippen LogP contribution in [-0.4, -0.2) is 4.98 Å². The first kappa shape index (κ1) is 13.1. The molecule has 0 fully saturated rings. The summed E-state index contributed by atoms with van der Waals surface area (Å²) in [5.74, 6) is 0.685. The Morgan fingerprint density at radius 2 is 1.80 bits per heavy atom. The third kappa shape index (κ3) is 2.68. The van der Waals surface area contributed by atoms with E-state index in [1.165, 1.54) is 0 Å². The van der Waals surface area contributed by atoms with Gasteiger partial charge in [0.15, 0.2) is 0 Å². The van der Waals surface area contributed by atoms with Crippen LogP contribution in [0, 0.1) is 6.92 Å². The van der Waals surface area contributed by atoms with Crippen molar-refractivity contribution in [3.63, 3.8) is 0 Å². The molecule has 0 amide bonds. The molecule has 0 unspecified atom stereocenters. The summed E-state index contributed by atoms with van der Waals surface area (Å²) in [7, 11) is 0. The van der Waals surface area contributed by atoms with Gasteiger partial charge in [-0.3, -0.25) is 0 Å².